The summed E-state index contributed by atoms with van der Waals surface area (Å²) in [7, 11) is 0. The lowest BCUT2D eigenvalue weighted by molar-refractivity contribution is -0.288. The van der Waals surface area contributed by atoms with Crippen LogP contribution in [0.3, 0.4) is 0 Å². The highest BCUT2D eigenvalue weighted by molar-refractivity contribution is 5.68. The van der Waals surface area contributed by atoms with E-state index in [-0.39, 0.29) is 18.8 Å². The fraction of sp³-hybridized carbons (Fsp3) is 0.448. The number of carbonyl (C=O) groups is 4. The van der Waals surface area contributed by atoms with Crippen molar-refractivity contribution in [3.8, 4) is 5.75 Å². The first-order chi connectivity index (χ1) is 19.1. The average Bonchev–Trinajstić information content (AvgIpc) is 3.66. The first-order valence-electron chi connectivity index (χ1n) is 12.9. The maximum absolute atomic E-state index is 12.0. The van der Waals surface area contributed by atoms with Crippen molar-refractivity contribution >= 4 is 23.9 Å². The molecule has 0 aromatic heterocycles. The molecule has 214 valence electrons. The lowest BCUT2D eigenvalue weighted by atomic mass is 9.98. The molecule has 0 N–H and O–H groups in total. The van der Waals surface area contributed by atoms with Gasteiger partial charge in [-0.2, -0.15) is 0 Å². The van der Waals surface area contributed by atoms with E-state index in [2.05, 4.69) is 0 Å². The van der Waals surface area contributed by atoms with Crippen molar-refractivity contribution in [3.63, 3.8) is 0 Å². The van der Waals surface area contributed by atoms with Crippen LogP contribution in [0.25, 0.3) is 0 Å². The molecule has 0 saturated carbocycles. The lowest BCUT2D eigenvalue weighted by Gasteiger charge is -2.43. The van der Waals surface area contributed by atoms with Crippen LogP contribution in [-0.2, 0) is 54.0 Å². The second-order valence-electron chi connectivity index (χ2n) is 9.54. The molecule has 40 heavy (non-hydrogen) atoms. The van der Waals surface area contributed by atoms with Gasteiger partial charge in [0.1, 0.15) is 24.6 Å². The standard InChI is InChI=1S/C29H32O11/c1-16(30)34-15-24-26(35-17(2)31)27(36-18(3)32)28(37-19(4)33)29(40-24)38-22-12-10-20(11-13-22)14-23-25(39-23)21-8-6-5-7-9-21/h5-13,23-29H,14-15H2,1-4H3/t23-,24+,25+,26+,27-,28+,29+/m0/s1. The number of epoxide rings is 1. The minimum absolute atomic E-state index is 0.0646. The molecule has 2 heterocycles. The van der Waals surface area contributed by atoms with Crippen LogP contribution in [0.15, 0.2) is 54.6 Å². The van der Waals surface area contributed by atoms with Crippen molar-refractivity contribution in [1.29, 1.82) is 0 Å². The van der Waals surface area contributed by atoms with Gasteiger partial charge in [0.15, 0.2) is 12.2 Å². The SMILES string of the molecule is CC(=O)OC[C@H]1O[C@@H](Oc2ccc(C[C@@H]3O[C@@H]3c3ccccc3)cc2)[C@H](OC(C)=O)[C@@H](OC(C)=O)[C@@H]1OC(C)=O. The Kier molecular flexibility index (Phi) is 9.38. The molecule has 0 unspecified atom stereocenters. The normalized spacial score (nSPS) is 27.1. The minimum Gasteiger partial charge on any atom is -0.463 e. The Bertz CT molecular complexity index is 1200. The van der Waals surface area contributed by atoms with Crippen LogP contribution < -0.4 is 4.74 Å². The van der Waals surface area contributed by atoms with Gasteiger partial charge in [-0.3, -0.25) is 19.2 Å². The van der Waals surface area contributed by atoms with Gasteiger partial charge < -0.3 is 33.2 Å². The summed E-state index contributed by atoms with van der Waals surface area (Å²) in [5.41, 5.74) is 2.16. The summed E-state index contributed by atoms with van der Waals surface area (Å²) in [5.74, 6) is -2.34. The molecule has 0 spiro atoms. The second kappa shape index (κ2) is 12.9. The first kappa shape index (κ1) is 29.0. The van der Waals surface area contributed by atoms with Gasteiger partial charge in [0.25, 0.3) is 0 Å². The lowest BCUT2D eigenvalue weighted by Crippen LogP contribution is -2.63. The Morgan fingerprint density at radius 3 is 1.88 bits per heavy atom. The summed E-state index contributed by atoms with van der Waals surface area (Å²) in [6.07, 6.45) is -5.38. The zero-order chi connectivity index (χ0) is 28.8. The summed E-state index contributed by atoms with van der Waals surface area (Å²) >= 11 is 0. The number of carbonyl (C=O) groups excluding carboxylic acids is 4. The van der Waals surface area contributed by atoms with Gasteiger partial charge in [-0.15, -0.1) is 0 Å². The molecular formula is C29H32O11. The predicted octanol–water partition coefficient (Wildman–Crippen LogP) is 2.83. The van der Waals surface area contributed by atoms with Crippen LogP contribution in [-0.4, -0.2) is 67.3 Å². The zero-order valence-electron chi connectivity index (χ0n) is 22.6. The van der Waals surface area contributed by atoms with Gasteiger partial charge in [0.2, 0.25) is 12.4 Å². The van der Waals surface area contributed by atoms with E-state index in [0.717, 1.165) is 25.0 Å². The Morgan fingerprint density at radius 1 is 0.675 bits per heavy atom. The quantitative estimate of drug-likeness (QED) is 0.243. The van der Waals surface area contributed by atoms with Crippen molar-refractivity contribution in [3.05, 3.63) is 65.7 Å². The summed E-state index contributed by atoms with van der Waals surface area (Å²) in [6, 6.07) is 17.2. The van der Waals surface area contributed by atoms with Gasteiger partial charge in [0.05, 0.1) is 6.10 Å². The molecule has 0 amide bonds. The molecule has 2 aromatic carbocycles. The highest BCUT2D eigenvalue weighted by Crippen LogP contribution is 2.40. The maximum atomic E-state index is 12.0. The summed E-state index contributed by atoms with van der Waals surface area (Å²) in [4.78, 5) is 47.3. The van der Waals surface area contributed by atoms with Crippen LogP contribution in [0, 0.1) is 0 Å². The summed E-state index contributed by atoms with van der Waals surface area (Å²) in [6.45, 7) is 4.37. The Labute approximate surface area is 231 Å². The third-order valence-corrected chi connectivity index (χ3v) is 6.27. The number of esters is 4. The second-order valence-corrected chi connectivity index (χ2v) is 9.54. The van der Waals surface area contributed by atoms with E-state index in [1.807, 2.05) is 42.5 Å². The molecule has 0 radical (unpaired) electrons. The van der Waals surface area contributed by atoms with E-state index in [1.54, 1.807) is 12.1 Å². The Morgan fingerprint density at radius 2 is 1.27 bits per heavy atom. The molecular weight excluding hydrogens is 524 g/mol. The largest absolute Gasteiger partial charge is 0.463 e. The van der Waals surface area contributed by atoms with Crippen LogP contribution in [0.4, 0.5) is 0 Å². The smallest absolute Gasteiger partial charge is 0.303 e. The van der Waals surface area contributed by atoms with E-state index in [1.165, 1.54) is 13.8 Å². The molecule has 2 aliphatic rings. The molecule has 11 heteroatoms. The van der Waals surface area contributed by atoms with Crippen LogP contribution in [0.2, 0.25) is 0 Å². The number of benzene rings is 2. The molecule has 0 aliphatic carbocycles. The molecule has 2 saturated heterocycles. The molecule has 2 fully saturated rings. The minimum atomic E-state index is -1.30. The number of hydrogen-bond acceptors (Lipinski definition) is 11. The van der Waals surface area contributed by atoms with Crippen LogP contribution in [0.5, 0.6) is 5.75 Å². The van der Waals surface area contributed by atoms with E-state index in [0.29, 0.717) is 12.2 Å². The van der Waals surface area contributed by atoms with Gasteiger partial charge in [-0.25, -0.2) is 0 Å². The number of hydrogen-bond donors (Lipinski definition) is 0. The highest BCUT2D eigenvalue weighted by Gasteiger charge is 2.53. The van der Waals surface area contributed by atoms with Gasteiger partial charge in [0, 0.05) is 34.1 Å². The van der Waals surface area contributed by atoms with Crippen molar-refractivity contribution in [2.24, 2.45) is 0 Å². The highest BCUT2D eigenvalue weighted by atomic mass is 16.7. The van der Waals surface area contributed by atoms with Crippen molar-refractivity contribution in [1.82, 2.24) is 0 Å². The zero-order valence-corrected chi connectivity index (χ0v) is 22.6. The molecule has 0 bridgehead atoms. The summed E-state index contributed by atoms with van der Waals surface area (Å²) in [5, 5.41) is 0. The molecule has 7 atom stereocenters. The van der Waals surface area contributed by atoms with Gasteiger partial charge in [-0.05, 0) is 23.3 Å². The van der Waals surface area contributed by atoms with E-state index >= 15 is 0 Å². The topological polar surface area (TPSA) is 136 Å². The molecule has 11 nitrogen and oxygen atoms in total. The number of rotatable bonds is 10. The third-order valence-electron chi connectivity index (χ3n) is 6.27. The maximum Gasteiger partial charge on any atom is 0.303 e. The third kappa shape index (κ3) is 7.80. The Balaban J connectivity index is 1.51. The van der Waals surface area contributed by atoms with Crippen LogP contribution >= 0.6 is 0 Å². The van der Waals surface area contributed by atoms with Crippen LogP contribution in [0.1, 0.15) is 44.9 Å². The van der Waals surface area contributed by atoms with Crippen molar-refractivity contribution < 1.29 is 52.3 Å². The fourth-order valence-electron chi connectivity index (χ4n) is 4.59. The summed E-state index contributed by atoms with van der Waals surface area (Å²) < 4.78 is 39.2. The molecule has 2 aliphatic heterocycles. The van der Waals surface area contributed by atoms with E-state index in [4.69, 9.17) is 33.2 Å². The molecule has 2 aromatic rings. The van der Waals surface area contributed by atoms with Crippen molar-refractivity contribution in [2.75, 3.05) is 6.61 Å². The van der Waals surface area contributed by atoms with Gasteiger partial charge in [-0.1, -0.05) is 42.5 Å². The number of ether oxygens (including phenoxy) is 7. The monoisotopic (exact) mass is 556 g/mol. The van der Waals surface area contributed by atoms with Gasteiger partial charge >= 0.3 is 23.9 Å². The molecule has 4 rings (SSSR count). The van der Waals surface area contributed by atoms with E-state index < -0.39 is 54.6 Å². The van der Waals surface area contributed by atoms with Crippen molar-refractivity contribution in [2.45, 2.75) is 77.0 Å². The first-order valence-corrected chi connectivity index (χ1v) is 12.9. The Hall–Kier alpha value is -3.96. The average molecular weight is 557 g/mol. The fourth-order valence-corrected chi connectivity index (χ4v) is 4.59. The van der Waals surface area contributed by atoms with E-state index in [9.17, 15) is 19.2 Å². The predicted molar refractivity (Wildman–Crippen MR) is 137 cm³/mol.